The molecule has 2 saturated heterocycles. The molecule has 2 heterocycles. The van der Waals surface area contributed by atoms with Crippen LogP contribution in [0.3, 0.4) is 0 Å². The van der Waals surface area contributed by atoms with Crippen molar-refractivity contribution in [3.05, 3.63) is 84.9 Å². The van der Waals surface area contributed by atoms with E-state index in [2.05, 4.69) is 0 Å². The van der Waals surface area contributed by atoms with Crippen molar-refractivity contribution in [3.63, 3.8) is 0 Å². The molecule has 4 aromatic carbocycles. The van der Waals surface area contributed by atoms with Crippen LogP contribution in [0.1, 0.15) is 20.8 Å². The van der Waals surface area contributed by atoms with Crippen molar-refractivity contribution in [3.8, 4) is 0 Å². The van der Waals surface area contributed by atoms with Crippen LogP contribution in [0.4, 0.5) is 11.4 Å². The molecular formula is C37H32N2O6. The molecule has 0 spiro atoms. The first-order chi connectivity index (χ1) is 21.7. The van der Waals surface area contributed by atoms with E-state index in [9.17, 15) is 24.0 Å². The number of carbonyl (C=O) groups is 5. The van der Waals surface area contributed by atoms with E-state index in [1.54, 1.807) is 26.0 Å². The summed E-state index contributed by atoms with van der Waals surface area (Å²) in [6.07, 6.45) is 0. The molecule has 4 amide bonds. The maximum Gasteiger partial charge on any atom is 0.309 e. The van der Waals surface area contributed by atoms with E-state index in [0.717, 1.165) is 21.5 Å². The molecule has 3 saturated carbocycles. The second-order valence-electron chi connectivity index (χ2n) is 13.1. The molecule has 6 atom stereocenters. The van der Waals surface area contributed by atoms with Crippen LogP contribution >= 0.6 is 0 Å². The van der Waals surface area contributed by atoms with Crippen LogP contribution in [0.15, 0.2) is 84.9 Å². The molecule has 6 unspecified atom stereocenters. The molecule has 2 aliphatic heterocycles. The van der Waals surface area contributed by atoms with Gasteiger partial charge in [-0.25, -0.2) is 9.80 Å². The van der Waals surface area contributed by atoms with Gasteiger partial charge in [0, 0.05) is 16.2 Å². The zero-order chi connectivity index (χ0) is 31.4. The quantitative estimate of drug-likeness (QED) is 0.231. The largest absolute Gasteiger partial charge is 0.466 e. The number of nitrogens with zero attached hydrogens (tertiary/aromatic N) is 2. The molecule has 8 nitrogen and oxygen atoms in total. The van der Waals surface area contributed by atoms with Gasteiger partial charge >= 0.3 is 5.97 Å². The molecule has 0 aromatic heterocycles. The Labute approximate surface area is 259 Å². The van der Waals surface area contributed by atoms with Gasteiger partial charge in [-0.1, -0.05) is 86.6 Å². The minimum atomic E-state index is -1.34. The van der Waals surface area contributed by atoms with Gasteiger partial charge in [-0.2, -0.15) is 0 Å². The summed E-state index contributed by atoms with van der Waals surface area (Å²) in [7, 11) is 0. The number of anilines is 2. The number of carbonyl (C=O) groups excluding carboxylic acids is 5. The van der Waals surface area contributed by atoms with Gasteiger partial charge in [0.15, 0.2) is 0 Å². The molecule has 9 rings (SSSR count). The Kier molecular flexibility index (Phi) is 5.89. The number of benzene rings is 4. The zero-order valence-electron chi connectivity index (χ0n) is 25.2. The highest BCUT2D eigenvalue weighted by Gasteiger charge is 2.80. The molecule has 3 aliphatic carbocycles. The number of ether oxygens (including phenoxy) is 1. The lowest BCUT2D eigenvalue weighted by molar-refractivity contribution is -0.206. The summed E-state index contributed by atoms with van der Waals surface area (Å²) in [5, 5.41) is 3.26. The molecular weight excluding hydrogens is 568 g/mol. The molecule has 5 aliphatic rings. The van der Waals surface area contributed by atoms with Crippen LogP contribution in [0.2, 0.25) is 0 Å². The summed E-state index contributed by atoms with van der Waals surface area (Å²) in [6.45, 7) is 5.49. The van der Waals surface area contributed by atoms with E-state index in [-0.39, 0.29) is 18.4 Å². The van der Waals surface area contributed by atoms with Crippen molar-refractivity contribution < 1.29 is 28.7 Å². The van der Waals surface area contributed by atoms with Gasteiger partial charge in [-0.3, -0.25) is 24.0 Å². The third-order valence-electron chi connectivity index (χ3n) is 11.2. The standard InChI is InChI=1S/C37H32N2O6/c1-4-45-36(44)29-19(2)26-27-30(34(42)38(32(27)40)24-17-9-13-20-11-5-7-15-22(20)24)37(29,3)31-28(26)33(41)39(35(31)43)25-18-10-14-21-12-6-8-16-23(21)25/h5-19,26-31H,4H2,1-3H3. The highest BCUT2D eigenvalue weighted by atomic mass is 16.5. The average molecular weight is 601 g/mol. The first-order valence-corrected chi connectivity index (χ1v) is 15.6. The lowest BCUT2D eigenvalue weighted by atomic mass is 9.38. The topological polar surface area (TPSA) is 101 Å². The maximum absolute atomic E-state index is 14.7. The molecule has 4 aromatic rings. The Balaban J connectivity index is 1.32. The lowest BCUT2D eigenvalue weighted by Crippen LogP contribution is -2.67. The Morgan fingerprint density at radius 3 is 1.60 bits per heavy atom. The normalized spacial score (nSPS) is 32.0. The highest BCUT2D eigenvalue weighted by molar-refractivity contribution is 6.29. The van der Waals surface area contributed by atoms with Gasteiger partial charge in [0.1, 0.15) is 0 Å². The fourth-order valence-corrected chi connectivity index (χ4v) is 9.69. The molecule has 5 fully saturated rings. The number of fused-ring (bicyclic) bond motifs is 3. The Morgan fingerprint density at radius 2 is 1.13 bits per heavy atom. The molecule has 2 bridgehead atoms. The maximum atomic E-state index is 14.7. The van der Waals surface area contributed by atoms with Crippen molar-refractivity contribution >= 4 is 62.5 Å². The summed E-state index contributed by atoms with van der Waals surface area (Å²) in [6, 6.07) is 26.1. The number of rotatable bonds is 4. The Bertz CT molecular complexity index is 1850. The third-order valence-corrected chi connectivity index (χ3v) is 11.2. The first-order valence-electron chi connectivity index (χ1n) is 15.6. The van der Waals surface area contributed by atoms with Gasteiger partial charge in [0.05, 0.1) is 47.6 Å². The fourth-order valence-electron chi connectivity index (χ4n) is 9.69. The number of amides is 4. The zero-order valence-corrected chi connectivity index (χ0v) is 25.2. The van der Waals surface area contributed by atoms with Crippen LogP contribution in [0.5, 0.6) is 0 Å². The molecule has 0 radical (unpaired) electrons. The molecule has 0 N–H and O–H groups in total. The van der Waals surface area contributed by atoms with Crippen molar-refractivity contribution in [2.24, 2.45) is 46.8 Å². The summed E-state index contributed by atoms with van der Waals surface area (Å²) in [5.74, 6) is -7.80. The van der Waals surface area contributed by atoms with E-state index in [4.69, 9.17) is 4.74 Å². The number of hydrogen-bond donors (Lipinski definition) is 0. The Morgan fingerprint density at radius 1 is 0.689 bits per heavy atom. The van der Waals surface area contributed by atoms with Crippen LogP contribution in [-0.4, -0.2) is 36.2 Å². The van der Waals surface area contributed by atoms with Crippen molar-refractivity contribution in [2.75, 3.05) is 16.4 Å². The molecule has 8 heteroatoms. The summed E-state index contributed by atoms with van der Waals surface area (Å²) < 4.78 is 5.57. The Hall–Kier alpha value is -4.85. The van der Waals surface area contributed by atoms with Crippen LogP contribution in [0, 0.1) is 46.8 Å². The van der Waals surface area contributed by atoms with Gasteiger partial charge in [-0.05, 0) is 41.7 Å². The van der Waals surface area contributed by atoms with E-state index in [1.165, 1.54) is 9.80 Å². The van der Waals surface area contributed by atoms with Crippen LogP contribution < -0.4 is 9.80 Å². The van der Waals surface area contributed by atoms with Gasteiger partial charge in [-0.15, -0.1) is 0 Å². The second kappa shape index (κ2) is 9.57. The number of imide groups is 2. The predicted molar refractivity (Wildman–Crippen MR) is 168 cm³/mol. The van der Waals surface area contributed by atoms with Crippen molar-refractivity contribution in [1.29, 1.82) is 0 Å². The summed E-state index contributed by atoms with van der Waals surface area (Å²) >= 11 is 0. The van der Waals surface area contributed by atoms with E-state index < -0.39 is 64.6 Å². The summed E-state index contributed by atoms with van der Waals surface area (Å²) in [4.78, 5) is 74.7. The second-order valence-corrected chi connectivity index (χ2v) is 13.1. The fraction of sp³-hybridized carbons (Fsp3) is 0.324. The van der Waals surface area contributed by atoms with E-state index in [1.807, 2.05) is 79.7 Å². The van der Waals surface area contributed by atoms with Gasteiger partial charge in [0.2, 0.25) is 23.6 Å². The van der Waals surface area contributed by atoms with Crippen LogP contribution in [-0.2, 0) is 28.7 Å². The predicted octanol–water partition coefficient (Wildman–Crippen LogP) is 5.37. The first kappa shape index (κ1) is 27.7. The summed E-state index contributed by atoms with van der Waals surface area (Å²) in [5.41, 5.74) is -0.393. The third kappa shape index (κ3) is 3.40. The van der Waals surface area contributed by atoms with E-state index >= 15 is 0 Å². The van der Waals surface area contributed by atoms with E-state index in [0.29, 0.717) is 11.4 Å². The number of hydrogen-bond acceptors (Lipinski definition) is 6. The average Bonchev–Trinajstić information content (AvgIpc) is 3.46. The SMILES string of the molecule is CCOC(=O)C1C(C)C2C3C(=O)N(c4cccc5ccccc45)C(=O)C3C1(C)C1C(=O)N(c3cccc4ccccc34)C(=O)C21. The highest BCUT2D eigenvalue weighted by Crippen LogP contribution is 2.71. The van der Waals surface area contributed by atoms with Gasteiger partial charge in [0.25, 0.3) is 0 Å². The van der Waals surface area contributed by atoms with Crippen molar-refractivity contribution in [2.45, 2.75) is 20.8 Å². The lowest BCUT2D eigenvalue weighted by Gasteiger charge is -2.61. The molecule has 226 valence electrons. The minimum absolute atomic E-state index is 0.134. The smallest absolute Gasteiger partial charge is 0.309 e. The van der Waals surface area contributed by atoms with Crippen molar-refractivity contribution in [1.82, 2.24) is 0 Å². The number of esters is 1. The minimum Gasteiger partial charge on any atom is -0.466 e. The monoisotopic (exact) mass is 600 g/mol. The molecule has 45 heavy (non-hydrogen) atoms. The van der Waals surface area contributed by atoms with Crippen LogP contribution in [0.25, 0.3) is 21.5 Å². The van der Waals surface area contributed by atoms with Gasteiger partial charge < -0.3 is 4.74 Å².